The van der Waals surface area contributed by atoms with E-state index in [0.29, 0.717) is 10.8 Å². The third kappa shape index (κ3) is 2.19. The number of halogens is 1. The van der Waals surface area contributed by atoms with Crippen LogP contribution in [0, 0.1) is 0 Å². The second-order valence-corrected chi connectivity index (χ2v) is 4.73. The Morgan fingerprint density at radius 2 is 2.27 bits per heavy atom. The van der Waals surface area contributed by atoms with Gasteiger partial charge < -0.3 is 4.57 Å². The number of hydrogen-bond acceptors (Lipinski definition) is 2. The average molecular weight is 239 g/mol. The molecule has 0 aliphatic carbocycles. The van der Waals surface area contributed by atoms with Gasteiger partial charge in [0.1, 0.15) is 0 Å². The van der Waals surface area contributed by atoms with Gasteiger partial charge in [-0.2, -0.15) is 0 Å². The third-order valence-corrected chi connectivity index (χ3v) is 3.51. The van der Waals surface area contributed by atoms with E-state index < -0.39 is 0 Å². The Kier molecular flexibility index (Phi) is 3.03. The lowest BCUT2D eigenvalue weighted by Crippen LogP contribution is -1.91. The van der Waals surface area contributed by atoms with Crippen molar-refractivity contribution in [1.29, 1.82) is 0 Å². The predicted octanol–water partition coefficient (Wildman–Crippen LogP) is 3.42. The number of hydrogen-bond donors (Lipinski definition) is 0. The first-order chi connectivity index (χ1) is 7.18. The molecule has 0 saturated heterocycles. The van der Waals surface area contributed by atoms with Crippen molar-refractivity contribution in [1.82, 2.24) is 9.55 Å². The molecule has 1 heterocycles. The first-order valence-electron chi connectivity index (χ1n) is 4.56. The highest BCUT2D eigenvalue weighted by Crippen LogP contribution is 2.24. The zero-order chi connectivity index (χ0) is 10.8. The number of aryl methyl sites for hydroxylation is 1. The van der Waals surface area contributed by atoms with Gasteiger partial charge in [-0.1, -0.05) is 42.1 Å². The fourth-order valence-corrected chi connectivity index (χ4v) is 2.30. The predicted molar refractivity (Wildman–Crippen MR) is 66.4 cm³/mol. The summed E-state index contributed by atoms with van der Waals surface area (Å²) < 4.78 is 2.07. The molecule has 1 aromatic heterocycles. The van der Waals surface area contributed by atoms with Gasteiger partial charge in [0.05, 0.1) is 11.0 Å². The quantitative estimate of drug-likeness (QED) is 0.763. The number of rotatable bonds is 3. The molecular formula is C11H11ClN2S. The smallest absolute Gasteiger partial charge is 0.169 e. The molecule has 0 N–H and O–H groups in total. The van der Waals surface area contributed by atoms with E-state index in [-0.39, 0.29) is 0 Å². The van der Waals surface area contributed by atoms with Crippen molar-refractivity contribution in [3.63, 3.8) is 0 Å². The van der Waals surface area contributed by atoms with Crippen molar-refractivity contribution in [2.75, 3.05) is 5.75 Å². The van der Waals surface area contributed by atoms with Gasteiger partial charge in [-0.25, -0.2) is 4.98 Å². The van der Waals surface area contributed by atoms with Crippen molar-refractivity contribution in [3.8, 4) is 0 Å². The number of nitrogens with zero attached hydrogens (tertiary/aromatic N) is 2. The van der Waals surface area contributed by atoms with Gasteiger partial charge in [0.15, 0.2) is 5.16 Å². The van der Waals surface area contributed by atoms with Gasteiger partial charge in [0.2, 0.25) is 0 Å². The third-order valence-electron chi connectivity index (χ3n) is 2.10. The normalized spacial score (nSPS) is 10.8. The fraction of sp³-hybridized carbons (Fsp3) is 0.182. The van der Waals surface area contributed by atoms with E-state index >= 15 is 0 Å². The Bertz CT molecular complexity index is 504. The Hall–Kier alpha value is -0.930. The summed E-state index contributed by atoms with van der Waals surface area (Å²) in [6.07, 6.45) is 0. The maximum absolute atomic E-state index is 5.73. The largest absolute Gasteiger partial charge is 0.322 e. The van der Waals surface area contributed by atoms with Gasteiger partial charge in [0.25, 0.3) is 0 Å². The summed E-state index contributed by atoms with van der Waals surface area (Å²) in [6, 6.07) is 8.07. The molecule has 0 unspecified atom stereocenters. The van der Waals surface area contributed by atoms with Crippen LogP contribution >= 0.6 is 23.4 Å². The van der Waals surface area contributed by atoms with Gasteiger partial charge in [-0.05, 0) is 12.1 Å². The van der Waals surface area contributed by atoms with E-state index in [1.54, 1.807) is 11.8 Å². The molecule has 0 spiro atoms. The molecule has 0 fully saturated rings. The lowest BCUT2D eigenvalue weighted by atomic mass is 10.3. The van der Waals surface area contributed by atoms with Crippen molar-refractivity contribution in [3.05, 3.63) is 35.9 Å². The van der Waals surface area contributed by atoms with Crippen LogP contribution in [0.15, 0.2) is 41.0 Å². The SMILES string of the molecule is C=C(Cl)CSc1nc2ccccc2n1C. The van der Waals surface area contributed by atoms with E-state index in [4.69, 9.17) is 11.6 Å². The Labute approximate surface area is 97.9 Å². The number of thioether (sulfide) groups is 1. The molecule has 2 rings (SSSR count). The van der Waals surface area contributed by atoms with Gasteiger partial charge >= 0.3 is 0 Å². The molecule has 0 aliphatic heterocycles. The second kappa shape index (κ2) is 4.29. The van der Waals surface area contributed by atoms with Crippen molar-refractivity contribution in [2.45, 2.75) is 5.16 Å². The highest BCUT2D eigenvalue weighted by Gasteiger charge is 2.07. The van der Waals surface area contributed by atoms with Crippen molar-refractivity contribution in [2.24, 2.45) is 7.05 Å². The van der Waals surface area contributed by atoms with Gasteiger partial charge in [-0.15, -0.1) is 0 Å². The number of aromatic nitrogens is 2. The van der Waals surface area contributed by atoms with Crippen LogP contribution in [0.25, 0.3) is 11.0 Å². The first-order valence-corrected chi connectivity index (χ1v) is 5.92. The highest BCUT2D eigenvalue weighted by atomic mass is 35.5. The minimum absolute atomic E-state index is 0.645. The van der Waals surface area contributed by atoms with Crippen LogP contribution in [0.1, 0.15) is 0 Å². The molecule has 0 amide bonds. The van der Waals surface area contributed by atoms with Gasteiger partial charge in [0, 0.05) is 17.8 Å². The van der Waals surface area contributed by atoms with Crippen molar-refractivity contribution >= 4 is 34.4 Å². The summed E-state index contributed by atoms with van der Waals surface area (Å²) in [6.45, 7) is 3.66. The molecule has 0 atom stereocenters. The van der Waals surface area contributed by atoms with E-state index in [1.165, 1.54) is 0 Å². The first kappa shape index (κ1) is 10.6. The zero-order valence-electron chi connectivity index (χ0n) is 8.40. The highest BCUT2D eigenvalue weighted by molar-refractivity contribution is 7.99. The number of imidazole rings is 1. The molecular weight excluding hydrogens is 228 g/mol. The summed E-state index contributed by atoms with van der Waals surface area (Å²) >= 11 is 7.33. The van der Waals surface area contributed by atoms with Gasteiger partial charge in [-0.3, -0.25) is 0 Å². The van der Waals surface area contributed by atoms with E-state index in [9.17, 15) is 0 Å². The summed E-state index contributed by atoms with van der Waals surface area (Å²) in [5.41, 5.74) is 2.16. The van der Waals surface area contributed by atoms with E-state index in [1.807, 2.05) is 25.2 Å². The molecule has 0 saturated carbocycles. The zero-order valence-corrected chi connectivity index (χ0v) is 9.98. The Morgan fingerprint density at radius 1 is 1.53 bits per heavy atom. The second-order valence-electron chi connectivity index (χ2n) is 3.25. The maximum Gasteiger partial charge on any atom is 0.169 e. The van der Waals surface area contributed by atoms with Crippen molar-refractivity contribution < 1.29 is 0 Å². The number of fused-ring (bicyclic) bond motifs is 1. The lowest BCUT2D eigenvalue weighted by molar-refractivity contribution is 0.816. The summed E-state index contributed by atoms with van der Waals surface area (Å²) in [4.78, 5) is 4.51. The summed E-state index contributed by atoms with van der Waals surface area (Å²) in [5, 5.41) is 1.62. The monoisotopic (exact) mass is 238 g/mol. The molecule has 2 nitrogen and oxygen atoms in total. The van der Waals surface area contributed by atoms with E-state index in [2.05, 4.69) is 22.2 Å². The van der Waals surface area contributed by atoms with Crippen LogP contribution < -0.4 is 0 Å². The molecule has 0 bridgehead atoms. The molecule has 1 aromatic carbocycles. The number of benzene rings is 1. The Morgan fingerprint density at radius 3 is 2.93 bits per heavy atom. The van der Waals surface area contributed by atoms with Crippen LogP contribution in [0.5, 0.6) is 0 Å². The summed E-state index contributed by atoms with van der Waals surface area (Å²) in [5.74, 6) is 0.693. The van der Waals surface area contributed by atoms with Crippen LogP contribution in [0.4, 0.5) is 0 Å². The molecule has 15 heavy (non-hydrogen) atoms. The fourth-order valence-electron chi connectivity index (χ4n) is 1.40. The average Bonchev–Trinajstić information content (AvgIpc) is 2.54. The van der Waals surface area contributed by atoms with E-state index in [0.717, 1.165) is 16.2 Å². The molecule has 0 radical (unpaired) electrons. The maximum atomic E-state index is 5.73. The Balaban J connectivity index is 2.36. The molecule has 2 aromatic rings. The minimum atomic E-state index is 0.645. The van der Waals surface area contributed by atoms with Crippen LogP contribution in [0.3, 0.4) is 0 Å². The molecule has 0 aliphatic rings. The summed E-state index contributed by atoms with van der Waals surface area (Å²) in [7, 11) is 2.01. The van der Waals surface area contributed by atoms with Crippen LogP contribution in [-0.4, -0.2) is 15.3 Å². The molecule has 78 valence electrons. The minimum Gasteiger partial charge on any atom is -0.322 e. The standard InChI is InChI=1S/C11H11ClN2S/c1-8(12)7-15-11-13-9-5-3-4-6-10(9)14(11)2/h3-6H,1,7H2,2H3. The van der Waals surface area contributed by atoms with Crippen LogP contribution in [0.2, 0.25) is 0 Å². The number of para-hydroxylation sites is 2. The lowest BCUT2D eigenvalue weighted by Gasteiger charge is -2.00. The molecule has 4 heteroatoms. The topological polar surface area (TPSA) is 17.8 Å². The van der Waals surface area contributed by atoms with Crippen LogP contribution in [-0.2, 0) is 7.05 Å².